The number of hydrogen-bond donors (Lipinski definition) is 2. The maximum Gasteiger partial charge on any atom is 0.407 e. The van der Waals surface area contributed by atoms with Gasteiger partial charge in [-0.15, -0.1) is 0 Å². The minimum atomic E-state index is -0.455. The number of carbonyl (C=O) groups is 1. The summed E-state index contributed by atoms with van der Waals surface area (Å²) in [7, 11) is 1.70. The van der Waals surface area contributed by atoms with Crippen molar-refractivity contribution in [1.82, 2.24) is 15.1 Å². The summed E-state index contributed by atoms with van der Waals surface area (Å²) in [6.45, 7) is 6.13. The van der Waals surface area contributed by atoms with Crippen LogP contribution in [0.4, 0.5) is 4.79 Å². The number of unbranched alkanes of at least 4 members (excludes halogenated alkanes) is 2. The highest BCUT2D eigenvalue weighted by Gasteiger charge is 2.15. The van der Waals surface area contributed by atoms with Crippen LogP contribution in [-0.2, 0) is 18.2 Å². The van der Waals surface area contributed by atoms with Crippen LogP contribution in [0.15, 0.2) is 10.9 Å². The van der Waals surface area contributed by atoms with Gasteiger partial charge >= 0.3 is 6.09 Å². The number of ether oxygens (including phenoxy) is 1. The van der Waals surface area contributed by atoms with Gasteiger partial charge in [-0.2, -0.15) is 0 Å². The average Bonchev–Trinajstić information content (AvgIpc) is 2.61. The molecule has 0 aromatic carbocycles. The van der Waals surface area contributed by atoms with Crippen LogP contribution in [0.2, 0.25) is 0 Å². The van der Waals surface area contributed by atoms with E-state index in [1.54, 1.807) is 13.1 Å². The third-order valence-corrected chi connectivity index (χ3v) is 2.73. The first kappa shape index (κ1) is 16.3. The van der Waals surface area contributed by atoms with Gasteiger partial charge in [0, 0.05) is 25.4 Å². The smallest absolute Gasteiger partial charge is 0.407 e. The number of alkyl carbamates (subject to hydrolysis) is 1. The molecule has 1 amide bonds. The molecule has 0 radical (unpaired) electrons. The van der Waals surface area contributed by atoms with E-state index in [1.807, 2.05) is 20.8 Å². The average molecular weight is 283 g/mol. The zero-order valence-electron chi connectivity index (χ0n) is 12.8. The summed E-state index contributed by atoms with van der Waals surface area (Å²) in [6, 6.07) is 1.62. The number of nitrogens with one attached hydrogen (secondary N) is 2. The number of aromatic amines is 1. The molecule has 1 rings (SSSR count). The Morgan fingerprint density at radius 3 is 2.60 bits per heavy atom. The van der Waals surface area contributed by atoms with Crippen molar-refractivity contribution in [2.24, 2.45) is 7.05 Å². The number of aromatic nitrogens is 2. The molecule has 0 saturated carbocycles. The Balaban J connectivity index is 2.08. The Hall–Kier alpha value is -1.72. The first-order chi connectivity index (χ1) is 9.28. The van der Waals surface area contributed by atoms with E-state index in [0.717, 1.165) is 31.4 Å². The third kappa shape index (κ3) is 6.45. The van der Waals surface area contributed by atoms with Crippen LogP contribution in [0.3, 0.4) is 0 Å². The van der Waals surface area contributed by atoms with Gasteiger partial charge in [-0.1, -0.05) is 6.42 Å². The third-order valence-electron chi connectivity index (χ3n) is 2.73. The number of H-pyrrole nitrogens is 1. The number of rotatable bonds is 6. The number of nitrogens with zero attached hydrogens (tertiary/aromatic N) is 1. The second-order valence-corrected chi connectivity index (χ2v) is 5.92. The fraction of sp³-hybridized carbons (Fsp3) is 0.714. The van der Waals surface area contributed by atoms with Crippen LogP contribution in [0.25, 0.3) is 0 Å². The predicted molar refractivity (Wildman–Crippen MR) is 77.8 cm³/mol. The maximum atomic E-state index is 11.4. The lowest BCUT2D eigenvalue weighted by atomic mass is 10.1. The largest absolute Gasteiger partial charge is 0.444 e. The van der Waals surface area contributed by atoms with Gasteiger partial charge in [0.25, 0.3) is 5.56 Å². The molecule has 0 unspecified atom stereocenters. The monoisotopic (exact) mass is 283 g/mol. The second-order valence-electron chi connectivity index (χ2n) is 5.92. The first-order valence-electron chi connectivity index (χ1n) is 7.00. The molecule has 0 bridgehead atoms. The summed E-state index contributed by atoms with van der Waals surface area (Å²) in [5.74, 6) is 0. The summed E-state index contributed by atoms with van der Waals surface area (Å²) < 4.78 is 6.61. The highest BCUT2D eigenvalue weighted by Crippen LogP contribution is 2.06. The molecule has 0 fully saturated rings. The van der Waals surface area contributed by atoms with Crippen molar-refractivity contribution in [1.29, 1.82) is 0 Å². The molecule has 114 valence electrons. The molecule has 0 aliphatic rings. The minimum absolute atomic E-state index is 0.00778. The Kier molecular flexibility index (Phi) is 5.85. The molecule has 0 atom stereocenters. The Labute approximate surface area is 119 Å². The maximum absolute atomic E-state index is 11.4. The van der Waals surface area contributed by atoms with E-state index in [0.29, 0.717) is 6.54 Å². The summed E-state index contributed by atoms with van der Waals surface area (Å²) in [5.41, 5.74) is 0.493. The molecule has 6 heteroatoms. The molecule has 0 saturated heterocycles. The molecule has 0 aliphatic carbocycles. The van der Waals surface area contributed by atoms with Gasteiger partial charge in [-0.3, -0.25) is 14.6 Å². The van der Waals surface area contributed by atoms with Crippen molar-refractivity contribution >= 4 is 6.09 Å². The van der Waals surface area contributed by atoms with Crippen LogP contribution < -0.4 is 10.9 Å². The lowest BCUT2D eigenvalue weighted by Gasteiger charge is -2.19. The van der Waals surface area contributed by atoms with E-state index < -0.39 is 5.60 Å². The highest BCUT2D eigenvalue weighted by molar-refractivity contribution is 5.67. The molecular formula is C14H25N3O3. The lowest BCUT2D eigenvalue weighted by molar-refractivity contribution is 0.0527. The van der Waals surface area contributed by atoms with E-state index in [9.17, 15) is 9.59 Å². The molecule has 0 spiro atoms. The van der Waals surface area contributed by atoms with Crippen LogP contribution >= 0.6 is 0 Å². The summed E-state index contributed by atoms with van der Waals surface area (Å²) in [4.78, 5) is 22.6. The molecule has 1 heterocycles. The summed E-state index contributed by atoms with van der Waals surface area (Å²) in [6.07, 6.45) is 3.35. The van der Waals surface area contributed by atoms with Gasteiger partial charge in [0.1, 0.15) is 5.60 Å². The highest BCUT2D eigenvalue weighted by atomic mass is 16.6. The van der Waals surface area contributed by atoms with Crippen LogP contribution in [0.5, 0.6) is 0 Å². The first-order valence-corrected chi connectivity index (χ1v) is 7.00. The number of aryl methyl sites for hydroxylation is 2. The number of hydrogen-bond acceptors (Lipinski definition) is 3. The van der Waals surface area contributed by atoms with Crippen LogP contribution in [-0.4, -0.2) is 28.0 Å². The number of amides is 1. The summed E-state index contributed by atoms with van der Waals surface area (Å²) in [5, 5.41) is 5.72. The Morgan fingerprint density at radius 2 is 2.05 bits per heavy atom. The standard InChI is InChI=1S/C14H25N3O3/c1-14(2,3)20-13(19)15-9-7-5-6-8-11-10-12(18)17(4)16-11/h10,16H,5-9H2,1-4H3,(H,15,19). The topological polar surface area (TPSA) is 76.1 Å². The van der Waals surface area contributed by atoms with Crippen LogP contribution in [0, 0.1) is 0 Å². The molecule has 2 N–H and O–H groups in total. The fourth-order valence-corrected chi connectivity index (χ4v) is 1.80. The Morgan fingerprint density at radius 1 is 1.35 bits per heavy atom. The lowest BCUT2D eigenvalue weighted by Crippen LogP contribution is -2.32. The van der Waals surface area contributed by atoms with Crippen LogP contribution in [0.1, 0.15) is 45.7 Å². The quantitative estimate of drug-likeness (QED) is 0.783. The van der Waals surface area contributed by atoms with Crippen molar-refractivity contribution in [3.05, 3.63) is 22.1 Å². The van der Waals surface area contributed by atoms with Crippen molar-refractivity contribution in [2.45, 2.75) is 52.1 Å². The van der Waals surface area contributed by atoms with E-state index in [4.69, 9.17) is 4.74 Å². The van der Waals surface area contributed by atoms with Crippen molar-refractivity contribution in [3.8, 4) is 0 Å². The SMILES string of the molecule is Cn1[nH]c(CCCCCNC(=O)OC(C)(C)C)cc1=O. The molecule has 1 aromatic heterocycles. The number of carbonyl (C=O) groups excluding carboxylic acids is 1. The summed E-state index contributed by atoms with van der Waals surface area (Å²) >= 11 is 0. The van der Waals surface area contributed by atoms with E-state index in [1.165, 1.54) is 4.68 Å². The zero-order valence-corrected chi connectivity index (χ0v) is 12.8. The second kappa shape index (κ2) is 7.17. The predicted octanol–water partition coefficient (Wildman–Crippen LogP) is 1.95. The van der Waals surface area contributed by atoms with Crippen molar-refractivity contribution in [2.75, 3.05) is 6.54 Å². The van der Waals surface area contributed by atoms with Gasteiger partial charge in [-0.25, -0.2) is 4.79 Å². The van der Waals surface area contributed by atoms with E-state index >= 15 is 0 Å². The van der Waals surface area contributed by atoms with Gasteiger partial charge in [0.15, 0.2) is 0 Å². The molecular weight excluding hydrogens is 258 g/mol. The van der Waals surface area contributed by atoms with E-state index in [-0.39, 0.29) is 11.7 Å². The Bertz CT molecular complexity index is 483. The van der Waals surface area contributed by atoms with Gasteiger partial charge in [-0.05, 0) is 40.0 Å². The molecule has 0 aliphatic heterocycles. The molecule has 6 nitrogen and oxygen atoms in total. The minimum Gasteiger partial charge on any atom is -0.444 e. The van der Waals surface area contributed by atoms with Crippen molar-refractivity contribution in [3.63, 3.8) is 0 Å². The zero-order chi connectivity index (χ0) is 15.2. The fourth-order valence-electron chi connectivity index (χ4n) is 1.80. The molecule has 20 heavy (non-hydrogen) atoms. The molecule has 1 aromatic rings. The van der Waals surface area contributed by atoms with E-state index in [2.05, 4.69) is 10.4 Å². The van der Waals surface area contributed by atoms with Gasteiger partial charge in [0.2, 0.25) is 0 Å². The van der Waals surface area contributed by atoms with Gasteiger partial charge < -0.3 is 10.1 Å². The van der Waals surface area contributed by atoms with Gasteiger partial charge in [0.05, 0.1) is 0 Å². The van der Waals surface area contributed by atoms with Crippen molar-refractivity contribution < 1.29 is 9.53 Å². The normalized spacial score (nSPS) is 11.4.